The van der Waals surface area contributed by atoms with Crippen LogP contribution in [-0.2, 0) is 19.1 Å². The number of carbonyl (C=O) groups excluding carboxylic acids is 2. The summed E-state index contributed by atoms with van der Waals surface area (Å²) >= 11 is 5.96. The molecule has 3 rings (SSSR count). The summed E-state index contributed by atoms with van der Waals surface area (Å²) in [7, 11) is 0. The monoisotopic (exact) mass is 627 g/mol. The molecule has 0 aliphatic carbocycles. The topological polar surface area (TPSA) is 182 Å². The van der Waals surface area contributed by atoms with Gasteiger partial charge in [-0.25, -0.2) is 15.0 Å². The maximum Gasteiger partial charge on any atom is 0.330 e. The zero-order valence-corrected chi connectivity index (χ0v) is 25.9. The minimum atomic E-state index is -1.16. The third kappa shape index (κ3) is 12.8. The zero-order valence-electron chi connectivity index (χ0n) is 25.1. The molecule has 12 nitrogen and oxygen atoms in total. The van der Waals surface area contributed by atoms with E-state index in [1.165, 1.54) is 0 Å². The summed E-state index contributed by atoms with van der Waals surface area (Å²) in [5.74, 6) is -1.42. The van der Waals surface area contributed by atoms with Gasteiger partial charge in [-0.3, -0.25) is 4.79 Å². The molecule has 44 heavy (non-hydrogen) atoms. The molecule has 5 N–H and O–H groups in total. The number of halogens is 1. The van der Waals surface area contributed by atoms with Gasteiger partial charge in [0.2, 0.25) is 5.91 Å². The minimum absolute atomic E-state index is 0.0375. The van der Waals surface area contributed by atoms with Crippen LogP contribution in [0.3, 0.4) is 0 Å². The standard InChI is InChI=1S/C25H30ClN5O3.C6H8O4/c1-16-10-23(33)30-31-24(16)17-5-8-20(9-6-17)28-15-25(2,3)29-13-21(32)14-34-22-11-19(26)7-4-18(22)12-27;1-2-10-6(9)4-3-5(7)8/h4-9,11,16,21,28-29,32H,10,13-15H2,1-3H3,(H,30,33);3-4H,2H2,1H3,(H,7,8)/b;4-3+. The summed E-state index contributed by atoms with van der Waals surface area (Å²) in [6.07, 6.45) is 1.28. The number of carboxylic acid groups (broad SMARTS) is 1. The maximum atomic E-state index is 11.4. The molecule has 1 amide bonds. The Labute approximate surface area is 261 Å². The number of anilines is 1. The number of nitriles is 1. The summed E-state index contributed by atoms with van der Waals surface area (Å²) in [4.78, 5) is 31.6. The number of esters is 1. The molecule has 0 aromatic heterocycles. The van der Waals surface area contributed by atoms with Gasteiger partial charge in [0.15, 0.2) is 0 Å². The number of aliphatic carboxylic acids is 1. The van der Waals surface area contributed by atoms with E-state index < -0.39 is 18.0 Å². The number of ether oxygens (including phenoxy) is 2. The van der Waals surface area contributed by atoms with E-state index in [2.05, 4.69) is 25.9 Å². The van der Waals surface area contributed by atoms with Crippen molar-refractivity contribution < 1.29 is 34.1 Å². The molecule has 1 aliphatic heterocycles. The summed E-state index contributed by atoms with van der Waals surface area (Å²) in [5, 5.41) is 38.9. The average molecular weight is 628 g/mol. The van der Waals surface area contributed by atoms with Gasteiger partial charge >= 0.3 is 11.9 Å². The van der Waals surface area contributed by atoms with Crippen molar-refractivity contribution in [2.24, 2.45) is 11.0 Å². The van der Waals surface area contributed by atoms with Gasteiger partial charge in [0.05, 0.1) is 17.9 Å². The number of benzene rings is 2. The van der Waals surface area contributed by atoms with E-state index in [1.54, 1.807) is 25.1 Å². The van der Waals surface area contributed by atoms with Crippen LogP contribution in [0.5, 0.6) is 5.75 Å². The normalized spacial score (nSPS) is 15.2. The number of nitrogens with one attached hydrogen (secondary N) is 3. The van der Waals surface area contributed by atoms with Gasteiger partial charge in [-0.15, -0.1) is 0 Å². The smallest absolute Gasteiger partial charge is 0.330 e. The van der Waals surface area contributed by atoms with Crippen LogP contribution in [0, 0.1) is 17.2 Å². The van der Waals surface area contributed by atoms with E-state index in [-0.39, 0.29) is 30.6 Å². The largest absolute Gasteiger partial charge is 0.489 e. The van der Waals surface area contributed by atoms with Crippen molar-refractivity contribution in [3.63, 3.8) is 0 Å². The number of β-amino-alcohol motifs (C(OH)–C–C–N with tert-alkyl or cyclic N) is 1. The Morgan fingerprint density at radius 2 is 1.95 bits per heavy atom. The fraction of sp³-hybridized carbons (Fsp3) is 0.387. The highest BCUT2D eigenvalue weighted by molar-refractivity contribution is 6.30. The number of carboxylic acids is 1. The maximum absolute atomic E-state index is 11.4. The molecule has 13 heteroatoms. The number of amides is 1. The molecule has 1 heterocycles. The number of aliphatic hydroxyl groups excluding tert-OH is 1. The third-order valence-corrected chi connectivity index (χ3v) is 6.37. The van der Waals surface area contributed by atoms with Crippen LogP contribution in [0.25, 0.3) is 0 Å². The van der Waals surface area contributed by atoms with Gasteiger partial charge in [-0.2, -0.15) is 10.4 Å². The second-order valence-corrected chi connectivity index (χ2v) is 10.9. The van der Waals surface area contributed by atoms with Crippen molar-refractivity contribution in [3.05, 3.63) is 70.8 Å². The Bertz CT molecular complexity index is 1390. The zero-order chi connectivity index (χ0) is 32.7. The SMILES string of the molecule is CC1CC(=O)NN=C1c1ccc(NCC(C)(C)NCC(O)COc2cc(Cl)ccc2C#N)cc1.CCOC(=O)/C=C/C(=O)O. The lowest BCUT2D eigenvalue weighted by atomic mass is 9.94. The number of hydrazone groups is 1. The highest BCUT2D eigenvalue weighted by atomic mass is 35.5. The van der Waals surface area contributed by atoms with Crippen molar-refractivity contribution in [1.82, 2.24) is 10.7 Å². The molecular weight excluding hydrogens is 590 g/mol. The first-order chi connectivity index (χ1) is 20.8. The lowest BCUT2D eigenvalue weighted by molar-refractivity contribution is -0.138. The van der Waals surface area contributed by atoms with E-state index >= 15 is 0 Å². The van der Waals surface area contributed by atoms with Gasteiger partial charge in [0, 0.05) is 59.9 Å². The minimum Gasteiger partial charge on any atom is -0.489 e. The van der Waals surface area contributed by atoms with Gasteiger partial charge in [-0.05, 0) is 50.6 Å². The molecule has 0 saturated carbocycles. The van der Waals surface area contributed by atoms with E-state index in [0.717, 1.165) is 29.1 Å². The first-order valence-corrected chi connectivity index (χ1v) is 14.2. The predicted octanol–water partition coefficient (Wildman–Crippen LogP) is 3.48. The van der Waals surface area contributed by atoms with Crippen LogP contribution in [0.1, 0.15) is 45.2 Å². The summed E-state index contributed by atoms with van der Waals surface area (Å²) in [6, 6.07) is 14.8. The Morgan fingerprint density at radius 3 is 2.57 bits per heavy atom. The predicted molar refractivity (Wildman–Crippen MR) is 167 cm³/mol. The van der Waals surface area contributed by atoms with Crippen LogP contribution in [0.2, 0.25) is 5.02 Å². The molecule has 0 radical (unpaired) electrons. The molecule has 0 fully saturated rings. The Balaban J connectivity index is 0.000000580. The summed E-state index contributed by atoms with van der Waals surface area (Å²) < 4.78 is 10.00. The summed E-state index contributed by atoms with van der Waals surface area (Å²) in [5.41, 5.74) is 5.43. The Kier molecular flexibility index (Phi) is 14.3. The molecule has 2 unspecified atom stereocenters. The van der Waals surface area contributed by atoms with Crippen molar-refractivity contribution >= 4 is 40.8 Å². The molecule has 2 aromatic rings. The second-order valence-electron chi connectivity index (χ2n) is 10.5. The number of carbonyl (C=O) groups is 3. The van der Waals surface area contributed by atoms with Crippen LogP contribution >= 0.6 is 11.6 Å². The van der Waals surface area contributed by atoms with E-state index in [0.29, 0.717) is 35.8 Å². The van der Waals surface area contributed by atoms with Crippen LogP contribution in [0.15, 0.2) is 59.7 Å². The van der Waals surface area contributed by atoms with E-state index in [1.807, 2.05) is 51.1 Å². The quantitative estimate of drug-likeness (QED) is 0.163. The van der Waals surface area contributed by atoms with Gasteiger partial charge in [-0.1, -0.05) is 30.7 Å². The second kappa shape index (κ2) is 17.6. The number of rotatable bonds is 13. The first-order valence-electron chi connectivity index (χ1n) is 13.9. The average Bonchev–Trinajstić information content (AvgIpc) is 2.98. The Hall–Kier alpha value is -4.44. The lowest BCUT2D eigenvalue weighted by Gasteiger charge is -2.28. The van der Waals surface area contributed by atoms with Crippen LogP contribution in [0.4, 0.5) is 5.69 Å². The number of aliphatic hydroxyl groups is 1. The van der Waals surface area contributed by atoms with Crippen molar-refractivity contribution in [1.29, 1.82) is 5.26 Å². The van der Waals surface area contributed by atoms with Gasteiger partial charge in [0.1, 0.15) is 24.5 Å². The third-order valence-electron chi connectivity index (χ3n) is 6.13. The number of hydrogen-bond acceptors (Lipinski definition) is 10. The van der Waals surface area contributed by atoms with Crippen molar-refractivity contribution in [3.8, 4) is 11.8 Å². The van der Waals surface area contributed by atoms with Gasteiger partial charge < -0.3 is 30.3 Å². The first kappa shape index (κ1) is 35.8. The highest BCUT2D eigenvalue weighted by Gasteiger charge is 2.22. The molecule has 0 saturated heterocycles. The van der Waals surface area contributed by atoms with E-state index in [9.17, 15) is 19.5 Å². The van der Waals surface area contributed by atoms with Crippen molar-refractivity contribution in [2.75, 3.05) is 31.6 Å². The lowest BCUT2D eigenvalue weighted by Crippen LogP contribution is -2.49. The van der Waals surface area contributed by atoms with E-state index in [4.69, 9.17) is 26.7 Å². The van der Waals surface area contributed by atoms with Crippen LogP contribution < -0.4 is 20.8 Å². The molecular formula is C31H38ClN5O7. The summed E-state index contributed by atoms with van der Waals surface area (Å²) in [6.45, 7) is 8.95. The number of nitrogens with zero attached hydrogens (tertiary/aromatic N) is 2. The molecule has 2 atom stereocenters. The highest BCUT2D eigenvalue weighted by Crippen LogP contribution is 2.23. The molecule has 1 aliphatic rings. The molecule has 0 bridgehead atoms. The van der Waals surface area contributed by atoms with Crippen molar-refractivity contribution in [2.45, 2.75) is 45.8 Å². The fourth-order valence-corrected chi connectivity index (χ4v) is 3.99. The fourth-order valence-electron chi connectivity index (χ4n) is 3.82. The number of hydrogen-bond donors (Lipinski definition) is 5. The molecule has 2 aromatic carbocycles. The van der Waals surface area contributed by atoms with Gasteiger partial charge in [0.25, 0.3) is 0 Å². The van der Waals surface area contributed by atoms with Crippen LogP contribution in [-0.4, -0.2) is 71.7 Å². The Morgan fingerprint density at radius 1 is 1.25 bits per heavy atom. The molecule has 236 valence electrons. The molecule has 0 spiro atoms.